The van der Waals surface area contributed by atoms with E-state index in [4.69, 9.17) is 4.98 Å². The van der Waals surface area contributed by atoms with Crippen LogP contribution in [0.5, 0.6) is 0 Å². The number of para-hydroxylation sites is 1. The third kappa shape index (κ3) is 3.76. The molecule has 5 heteroatoms. The van der Waals surface area contributed by atoms with Gasteiger partial charge in [0.25, 0.3) is 5.91 Å². The normalized spacial score (nSPS) is 11.0. The van der Waals surface area contributed by atoms with Crippen LogP contribution >= 0.6 is 0 Å². The number of aromatic nitrogens is 3. The lowest BCUT2D eigenvalue weighted by Crippen LogP contribution is -2.26. The lowest BCUT2D eigenvalue weighted by Gasteiger charge is -2.18. The molecule has 0 saturated heterocycles. The molecular weight excluding hydrogens is 360 g/mol. The van der Waals surface area contributed by atoms with Gasteiger partial charge >= 0.3 is 0 Å². The van der Waals surface area contributed by atoms with Gasteiger partial charge in [-0.3, -0.25) is 9.48 Å². The molecule has 4 aromatic rings. The third-order valence-electron chi connectivity index (χ3n) is 5.14. The fraction of sp³-hybridized carbons (Fsp3) is 0.208. The molecule has 0 unspecified atom stereocenters. The molecule has 2 aromatic heterocycles. The van der Waals surface area contributed by atoms with Gasteiger partial charge in [0.1, 0.15) is 0 Å². The molecule has 1 amide bonds. The molecule has 0 radical (unpaired) electrons. The highest BCUT2D eigenvalue weighted by atomic mass is 16.2. The zero-order valence-corrected chi connectivity index (χ0v) is 17.0. The summed E-state index contributed by atoms with van der Waals surface area (Å²) in [6.45, 7) is 5.37. The van der Waals surface area contributed by atoms with Crippen LogP contribution in [0.25, 0.3) is 22.2 Å². The Morgan fingerprint density at radius 1 is 1.07 bits per heavy atom. The maximum absolute atomic E-state index is 13.4. The smallest absolute Gasteiger partial charge is 0.254 e. The minimum absolute atomic E-state index is 0.0237. The highest BCUT2D eigenvalue weighted by Crippen LogP contribution is 2.26. The molecule has 146 valence electrons. The van der Waals surface area contributed by atoms with E-state index in [1.807, 2.05) is 85.5 Å². The van der Waals surface area contributed by atoms with E-state index in [1.54, 1.807) is 4.90 Å². The molecule has 0 atom stereocenters. The lowest BCUT2D eigenvalue weighted by molar-refractivity contribution is 0.0787. The van der Waals surface area contributed by atoms with Crippen molar-refractivity contribution < 1.29 is 4.79 Å². The summed E-state index contributed by atoms with van der Waals surface area (Å²) in [4.78, 5) is 19.9. The zero-order chi connectivity index (χ0) is 20.4. The molecule has 2 aromatic carbocycles. The van der Waals surface area contributed by atoms with E-state index in [-0.39, 0.29) is 5.91 Å². The van der Waals surface area contributed by atoms with Gasteiger partial charge in [0.2, 0.25) is 0 Å². The molecule has 0 aliphatic rings. The molecule has 0 fully saturated rings. The molecule has 5 nitrogen and oxygen atoms in total. The summed E-state index contributed by atoms with van der Waals surface area (Å²) in [5.74, 6) is -0.0237. The van der Waals surface area contributed by atoms with Crippen molar-refractivity contribution >= 4 is 16.8 Å². The van der Waals surface area contributed by atoms with Crippen molar-refractivity contribution in [3.05, 3.63) is 83.7 Å². The Balaban J connectivity index is 1.73. The van der Waals surface area contributed by atoms with Crippen molar-refractivity contribution in [1.29, 1.82) is 0 Å². The molecule has 29 heavy (non-hydrogen) atoms. The quantitative estimate of drug-likeness (QED) is 0.501. The van der Waals surface area contributed by atoms with Crippen molar-refractivity contribution in [1.82, 2.24) is 19.7 Å². The number of benzene rings is 2. The number of carbonyl (C=O) groups excluding carboxylic acids is 1. The van der Waals surface area contributed by atoms with Crippen LogP contribution in [0.3, 0.4) is 0 Å². The highest BCUT2D eigenvalue weighted by Gasteiger charge is 2.19. The zero-order valence-electron chi connectivity index (χ0n) is 17.0. The SMILES string of the molecule is CCn1cc(CN(C)C(=O)c2cc(-c3ccccc3)nc3ccccc23)c(C)n1. The molecule has 0 saturated carbocycles. The van der Waals surface area contributed by atoms with Crippen molar-refractivity contribution in [2.45, 2.75) is 26.9 Å². The van der Waals surface area contributed by atoms with Gasteiger partial charge in [0, 0.05) is 42.8 Å². The summed E-state index contributed by atoms with van der Waals surface area (Å²) in [5.41, 5.74) is 5.30. The van der Waals surface area contributed by atoms with Crippen molar-refractivity contribution in [2.24, 2.45) is 0 Å². The average molecular weight is 384 g/mol. The maximum Gasteiger partial charge on any atom is 0.254 e. The number of amides is 1. The second-order valence-corrected chi connectivity index (χ2v) is 7.19. The van der Waals surface area contributed by atoms with Gasteiger partial charge in [-0.25, -0.2) is 4.98 Å². The summed E-state index contributed by atoms with van der Waals surface area (Å²) >= 11 is 0. The number of hydrogen-bond donors (Lipinski definition) is 0. The first-order valence-electron chi connectivity index (χ1n) is 9.80. The minimum atomic E-state index is -0.0237. The number of carbonyl (C=O) groups is 1. The number of rotatable bonds is 5. The molecule has 0 N–H and O–H groups in total. The second kappa shape index (κ2) is 7.87. The molecule has 0 bridgehead atoms. The van der Waals surface area contributed by atoms with Crippen molar-refractivity contribution in [2.75, 3.05) is 7.05 Å². The largest absolute Gasteiger partial charge is 0.337 e. The van der Waals surface area contributed by atoms with Gasteiger partial charge in [-0.1, -0.05) is 48.5 Å². The Morgan fingerprint density at radius 3 is 2.52 bits per heavy atom. The Kier molecular flexibility index (Phi) is 5.12. The number of fused-ring (bicyclic) bond motifs is 1. The highest BCUT2D eigenvalue weighted by molar-refractivity contribution is 6.07. The van der Waals surface area contributed by atoms with E-state index in [0.29, 0.717) is 12.1 Å². The van der Waals surface area contributed by atoms with E-state index in [2.05, 4.69) is 12.0 Å². The Hall–Kier alpha value is -3.47. The van der Waals surface area contributed by atoms with Crippen LogP contribution in [0, 0.1) is 6.92 Å². The van der Waals surface area contributed by atoms with E-state index in [0.717, 1.165) is 40.0 Å². The van der Waals surface area contributed by atoms with Crippen LogP contribution in [0.4, 0.5) is 0 Å². The molecule has 0 aliphatic carbocycles. The first-order valence-corrected chi connectivity index (χ1v) is 9.80. The van der Waals surface area contributed by atoms with Gasteiger partial charge in [0.15, 0.2) is 0 Å². The summed E-state index contributed by atoms with van der Waals surface area (Å²) in [5, 5.41) is 5.35. The van der Waals surface area contributed by atoms with Crippen LogP contribution in [-0.2, 0) is 13.1 Å². The standard InChI is InChI=1S/C24H24N4O/c1-4-28-16-19(17(2)26-28)15-27(3)24(29)21-14-23(18-10-6-5-7-11-18)25-22-13-9-8-12-20(21)22/h5-14,16H,4,15H2,1-3H3. The third-order valence-corrected chi connectivity index (χ3v) is 5.14. The van der Waals surface area contributed by atoms with Crippen LogP contribution in [-0.4, -0.2) is 32.6 Å². The minimum Gasteiger partial charge on any atom is -0.337 e. The first-order chi connectivity index (χ1) is 14.1. The molecule has 0 aliphatic heterocycles. The molecular formula is C24H24N4O. The average Bonchev–Trinajstić information content (AvgIpc) is 3.12. The van der Waals surface area contributed by atoms with Gasteiger partial charge in [-0.05, 0) is 26.0 Å². The number of hydrogen-bond acceptors (Lipinski definition) is 3. The first kappa shape index (κ1) is 18.9. The van der Waals surface area contributed by atoms with E-state index in [9.17, 15) is 4.79 Å². The lowest BCUT2D eigenvalue weighted by atomic mass is 10.0. The Bertz CT molecular complexity index is 1160. The summed E-state index contributed by atoms with van der Waals surface area (Å²) in [6, 6.07) is 19.7. The summed E-state index contributed by atoms with van der Waals surface area (Å²) in [7, 11) is 1.84. The number of pyridine rings is 1. The van der Waals surface area contributed by atoms with Gasteiger partial charge in [-0.15, -0.1) is 0 Å². The predicted octanol–water partition coefficient (Wildman–Crippen LogP) is 4.70. The van der Waals surface area contributed by atoms with Crippen molar-refractivity contribution in [3.8, 4) is 11.3 Å². The molecule has 4 rings (SSSR count). The molecule has 0 spiro atoms. The van der Waals surface area contributed by atoms with Crippen LogP contribution in [0.2, 0.25) is 0 Å². The van der Waals surface area contributed by atoms with Gasteiger partial charge in [-0.2, -0.15) is 5.10 Å². The fourth-order valence-corrected chi connectivity index (χ4v) is 3.52. The van der Waals surface area contributed by atoms with Crippen molar-refractivity contribution in [3.63, 3.8) is 0 Å². The predicted molar refractivity (Wildman–Crippen MR) is 116 cm³/mol. The van der Waals surface area contributed by atoms with Crippen LogP contribution < -0.4 is 0 Å². The number of aryl methyl sites for hydroxylation is 2. The number of nitrogens with zero attached hydrogens (tertiary/aromatic N) is 4. The second-order valence-electron chi connectivity index (χ2n) is 7.19. The van der Waals surface area contributed by atoms with E-state index in [1.165, 1.54) is 0 Å². The van der Waals surface area contributed by atoms with Gasteiger partial charge < -0.3 is 4.90 Å². The fourth-order valence-electron chi connectivity index (χ4n) is 3.52. The summed E-state index contributed by atoms with van der Waals surface area (Å²) < 4.78 is 1.90. The Labute approximate surface area is 170 Å². The monoisotopic (exact) mass is 384 g/mol. The van der Waals surface area contributed by atoms with Crippen LogP contribution in [0.1, 0.15) is 28.5 Å². The summed E-state index contributed by atoms with van der Waals surface area (Å²) in [6.07, 6.45) is 2.01. The van der Waals surface area contributed by atoms with E-state index < -0.39 is 0 Å². The van der Waals surface area contributed by atoms with Gasteiger partial charge in [0.05, 0.1) is 22.5 Å². The molecule has 2 heterocycles. The van der Waals surface area contributed by atoms with Crippen LogP contribution in [0.15, 0.2) is 66.9 Å². The maximum atomic E-state index is 13.4. The topological polar surface area (TPSA) is 51.0 Å². The van der Waals surface area contributed by atoms with E-state index >= 15 is 0 Å². The Morgan fingerprint density at radius 2 is 1.79 bits per heavy atom.